The van der Waals surface area contributed by atoms with Crippen molar-refractivity contribution in [2.75, 3.05) is 26.2 Å². The first-order valence-corrected chi connectivity index (χ1v) is 9.58. The molecule has 1 fully saturated rings. The van der Waals surface area contributed by atoms with E-state index >= 15 is 0 Å². The van der Waals surface area contributed by atoms with Crippen LogP contribution in [0.3, 0.4) is 0 Å². The Hall–Kier alpha value is -1.72. The molecule has 1 N–H and O–H groups in total. The smallest absolute Gasteiger partial charge is 0.317 e. The Morgan fingerprint density at radius 3 is 2.42 bits per heavy atom. The largest absolute Gasteiger partial charge is 0.417 e. The van der Waals surface area contributed by atoms with Crippen LogP contribution in [0.4, 0.5) is 18.9 Å². The van der Waals surface area contributed by atoms with Crippen LogP contribution in [0.25, 0.3) is 0 Å². The van der Waals surface area contributed by atoms with Crippen LogP contribution >= 0.6 is 0 Å². The zero-order valence-electron chi connectivity index (χ0n) is 14.1. The monoisotopic (exact) mass is 395 g/mol. The van der Waals surface area contributed by atoms with Crippen molar-refractivity contribution in [3.05, 3.63) is 33.9 Å². The topological polar surface area (TPSA) is 92.6 Å². The van der Waals surface area contributed by atoms with Crippen LogP contribution in [0, 0.1) is 16.0 Å². The maximum atomic E-state index is 13.3. The minimum absolute atomic E-state index is 0.118. The Bertz CT molecular complexity index is 760. The van der Waals surface area contributed by atoms with Crippen molar-refractivity contribution in [3.8, 4) is 0 Å². The van der Waals surface area contributed by atoms with E-state index in [9.17, 15) is 31.7 Å². The second-order valence-corrected chi connectivity index (χ2v) is 8.00. The van der Waals surface area contributed by atoms with Gasteiger partial charge in [-0.2, -0.15) is 17.5 Å². The van der Waals surface area contributed by atoms with Gasteiger partial charge in [-0.05, 0) is 37.9 Å². The number of nitrogens with zero attached hydrogens (tertiary/aromatic N) is 2. The summed E-state index contributed by atoms with van der Waals surface area (Å²) >= 11 is 0. The molecule has 0 radical (unpaired) electrons. The minimum atomic E-state index is -5.02. The molecule has 0 bridgehead atoms. The summed E-state index contributed by atoms with van der Waals surface area (Å²) < 4.78 is 66.2. The lowest BCUT2D eigenvalue weighted by molar-refractivity contribution is -0.385. The summed E-state index contributed by atoms with van der Waals surface area (Å²) in [4.78, 5) is 8.81. The molecular weight excluding hydrogens is 375 g/mol. The van der Waals surface area contributed by atoms with E-state index < -0.39 is 37.3 Å². The van der Waals surface area contributed by atoms with Crippen molar-refractivity contribution < 1.29 is 26.5 Å². The molecule has 26 heavy (non-hydrogen) atoms. The lowest BCUT2D eigenvalue weighted by Crippen LogP contribution is -2.41. The van der Waals surface area contributed by atoms with Crippen molar-refractivity contribution in [2.24, 2.45) is 5.92 Å². The van der Waals surface area contributed by atoms with Gasteiger partial charge < -0.3 is 5.32 Å². The minimum Gasteiger partial charge on any atom is -0.317 e. The van der Waals surface area contributed by atoms with Crippen LogP contribution in [0.5, 0.6) is 0 Å². The van der Waals surface area contributed by atoms with Crippen LogP contribution in [0.2, 0.25) is 0 Å². The number of non-ortho nitro benzene ring substituents is 1. The van der Waals surface area contributed by atoms with Gasteiger partial charge in [0.25, 0.3) is 5.69 Å². The number of nitro groups is 1. The van der Waals surface area contributed by atoms with Crippen LogP contribution < -0.4 is 5.32 Å². The van der Waals surface area contributed by atoms with Crippen LogP contribution in [0.15, 0.2) is 23.1 Å². The Kier molecular flexibility index (Phi) is 6.25. The lowest BCUT2D eigenvalue weighted by atomic mass is 9.98. The number of hydrogen-bond acceptors (Lipinski definition) is 5. The third-order valence-electron chi connectivity index (χ3n) is 4.35. The molecule has 0 atom stereocenters. The van der Waals surface area contributed by atoms with E-state index in [4.69, 9.17) is 0 Å². The van der Waals surface area contributed by atoms with Crippen LogP contribution in [-0.2, 0) is 16.2 Å². The Labute approximate surface area is 149 Å². The summed E-state index contributed by atoms with van der Waals surface area (Å²) in [5.41, 5.74) is -2.32. The van der Waals surface area contributed by atoms with Gasteiger partial charge >= 0.3 is 6.18 Å². The maximum absolute atomic E-state index is 13.3. The molecule has 1 aliphatic heterocycles. The molecule has 11 heteroatoms. The fourth-order valence-electron chi connectivity index (χ4n) is 2.92. The van der Waals surface area contributed by atoms with E-state index in [-0.39, 0.29) is 25.1 Å². The molecule has 1 saturated heterocycles. The SMILES string of the molecule is CCNCC1CCN(S(=O)(=O)c2ccc([N+](=O)[O-])cc2C(F)(F)F)CC1. The van der Waals surface area contributed by atoms with Gasteiger partial charge in [-0.15, -0.1) is 0 Å². The number of nitrogens with one attached hydrogen (secondary N) is 1. The van der Waals surface area contributed by atoms with Crippen LogP contribution in [0.1, 0.15) is 25.3 Å². The number of sulfonamides is 1. The van der Waals surface area contributed by atoms with E-state index in [2.05, 4.69) is 5.32 Å². The molecule has 146 valence electrons. The second kappa shape index (κ2) is 7.89. The molecule has 0 aromatic heterocycles. The number of nitro benzene ring substituents is 1. The van der Waals surface area contributed by atoms with E-state index in [0.29, 0.717) is 18.9 Å². The molecule has 1 aromatic rings. The first kappa shape index (κ1) is 20.6. The molecule has 2 rings (SSSR count). The summed E-state index contributed by atoms with van der Waals surface area (Å²) in [7, 11) is -4.39. The molecule has 0 unspecified atom stereocenters. The van der Waals surface area contributed by atoms with Gasteiger partial charge in [0.05, 0.1) is 15.4 Å². The average Bonchev–Trinajstić information content (AvgIpc) is 2.59. The second-order valence-electron chi connectivity index (χ2n) is 6.09. The highest BCUT2D eigenvalue weighted by Gasteiger charge is 2.41. The molecule has 1 heterocycles. The fourth-order valence-corrected chi connectivity index (χ4v) is 4.58. The third-order valence-corrected chi connectivity index (χ3v) is 6.31. The highest BCUT2D eigenvalue weighted by molar-refractivity contribution is 7.89. The quantitative estimate of drug-likeness (QED) is 0.590. The summed E-state index contributed by atoms with van der Waals surface area (Å²) in [6.45, 7) is 3.71. The summed E-state index contributed by atoms with van der Waals surface area (Å²) in [6.07, 6.45) is -3.93. The normalized spacial score (nSPS) is 17.4. The highest BCUT2D eigenvalue weighted by atomic mass is 32.2. The molecular formula is C15H20F3N3O4S. The van der Waals surface area contributed by atoms with Crippen molar-refractivity contribution in [1.82, 2.24) is 9.62 Å². The van der Waals surface area contributed by atoms with E-state index in [1.54, 1.807) is 0 Å². The number of halogens is 3. The predicted octanol–water partition coefficient (Wildman–Crippen LogP) is 2.62. The zero-order valence-corrected chi connectivity index (χ0v) is 14.9. The number of piperidine rings is 1. The fraction of sp³-hybridized carbons (Fsp3) is 0.600. The van der Waals surface area contributed by atoms with Crippen molar-refractivity contribution >= 4 is 15.7 Å². The average molecular weight is 395 g/mol. The Balaban J connectivity index is 2.30. The molecule has 0 aliphatic carbocycles. The first-order valence-electron chi connectivity index (χ1n) is 8.14. The number of rotatable bonds is 6. The number of hydrogen-bond donors (Lipinski definition) is 1. The van der Waals surface area contributed by atoms with E-state index in [1.165, 1.54) is 0 Å². The van der Waals surface area contributed by atoms with Gasteiger partial charge in [0.2, 0.25) is 10.0 Å². The van der Waals surface area contributed by atoms with Crippen molar-refractivity contribution in [2.45, 2.75) is 30.8 Å². The Morgan fingerprint density at radius 1 is 1.31 bits per heavy atom. The van der Waals surface area contributed by atoms with Gasteiger partial charge in [-0.3, -0.25) is 10.1 Å². The summed E-state index contributed by atoms with van der Waals surface area (Å²) in [5.74, 6) is 0.264. The Morgan fingerprint density at radius 2 is 1.92 bits per heavy atom. The van der Waals surface area contributed by atoms with Gasteiger partial charge in [-0.1, -0.05) is 6.92 Å². The molecule has 0 amide bonds. The maximum Gasteiger partial charge on any atom is 0.417 e. The van der Waals surface area contributed by atoms with Gasteiger partial charge in [0.15, 0.2) is 0 Å². The molecule has 1 aromatic carbocycles. The van der Waals surface area contributed by atoms with Crippen molar-refractivity contribution in [3.63, 3.8) is 0 Å². The molecule has 7 nitrogen and oxygen atoms in total. The standard InChI is InChI=1S/C15H20F3N3O4S/c1-2-19-10-11-5-7-20(8-6-11)26(24,25)14-4-3-12(21(22)23)9-13(14)15(16,17)18/h3-4,9,11,19H,2,5-8,10H2,1H3. The number of benzene rings is 1. The van der Waals surface area contributed by atoms with Gasteiger partial charge in [0.1, 0.15) is 0 Å². The zero-order chi connectivity index (χ0) is 19.5. The van der Waals surface area contributed by atoms with Crippen molar-refractivity contribution in [1.29, 1.82) is 0 Å². The van der Waals surface area contributed by atoms with Crippen LogP contribution in [-0.4, -0.2) is 43.8 Å². The van der Waals surface area contributed by atoms with Gasteiger partial charge in [0, 0.05) is 25.2 Å². The molecule has 1 aliphatic rings. The van der Waals surface area contributed by atoms with E-state index in [0.717, 1.165) is 23.5 Å². The first-order chi connectivity index (χ1) is 12.1. The summed E-state index contributed by atoms with van der Waals surface area (Å²) in [5, 5.41) is 13.9. The third kappa shape index (κ3) is 4.51. The predicted molar refractivity (Wildman–Crippen MR) is 88.1 cm³/mol. The molecule has 0 saturated carbocycles. The highest BCUT2D eigenvalue weighted by Crippen LogP contribution is 2.38. The molecule has 0 spiro atoms. The van der Waals surface area contributed by atoms with Gasteiger partial charge in [-0.25, -0.2) is 8.42 Å². The van der Waals surface area contributed by atoms with E-state index in [1.807, 2.05) is 6.92 Å². The number of alkyl halides is 3. The summed E-state index contributed by atoms with van der Waals surface area (Å²) in [6, 6.07) is 1.71. The lowest BCUT2D eigenvalue weighted by Gasteiger charge is -2.31.